The Bertz CT molecular complexity index is 495. The molecule has 0 radical (unpaired) electrons. The van der Waals surface area contributed by atoms with Gasteiger partial charge in [0.2, 0.25) is 15.5 Å². The molecule has 0 atom stereocenters. The van der Waals surface area contributed by atoms with Gasteiger partial charge in [-0.2, -0.15) is 4.31 Å². The number of hydrogen-bond donors (Lipinski definition) is 2. The monoisotopic (exact) mass is 245 g/mol. The summed E-state index contributed by atoms with van der Waals surface area (Å²) < 4.78 is 25.0. The molecule has 0 saturated carbocycles. The highest BCUT2D eigenvalue weighted by atomic mass is 32.2. The Morgan fingerprint density at radius 3 is 2.75 bits per heavy atom. The number of likely N-dealkylation sites (N-methyl/N-ethyl adjacent to an activating group) is 2. The second kappa shape index (κ2) is 5.24. The number of sulfonamides is 1. The maximum absolute atomic E-state index is 11.9. The van der Waals surface area contributed by atoms with Crippen molar-refractivity contribution in [2.75, 3.05) is 27.2 Å². The van der Waals surface area contributed by atoms with Crippen molar-refractivity contribution in [3.8, 4) is 0 Å². The van der Waals surface area contributed by atoms with Gasteiger partial charge in [-0.1, -0.05) is 0 Å². The molecule has 0 saturated heterocycles. The zero-order valence-corrected chi connectivity index (χ0v) is 10.0. The second-order valence-corrected chi connectivity index (χ2v) is 5.32. The Hall–Kier alpha value is -1.18. The molecule has 0 aliphatic rings. The van der Waals surface area contributed by atoms with Gasteiger partial charge in [0.1, 0.15) is 4.90 Å². The Balaban J connectivity index is 3.03. The third-order valence-corrected chi connectivity index (χ3v) is 4.03. The van der Waals surface area contributed by atoms with Crippen molar-refractivity contribution in [3.05, 3.63) is 28.7 Å². The second-order valence-electron chi connectivity index (χ2n) is 3.30. The predicted molar refractivity (Wildman–Crippen MR) is 60.8 cm³/mol. The lowest BCUT2D eigenvalue weighted by Gasteiger charge is -2.15. The molecule has 1 heterocycles. The van der Waals surface area contributed by atoms with E-state index >= 15 is 0 Å². The Morgan fingerprint density at radius 2 is 2.19 bits per heavy atom. The summed E-state index contributed by atoms with van der Waals surface area (Å²) in [7, 11) is -0.517. The maximum Gasteiger partial charge on any atom is 0.248 e. The van der Waals surface area contributed by atoms with Gasteiger partial charge in [-0.3, -0.25) is 4.79 Å². The number of nitrogens with zero attached hydrogens (tertiary/aromatic N) is 1. The first-order chi connectivity index (χ1) is 7.50. The summed E-state index contributed by atoms with van der Waals surface area (Å²) in [5.74, 6) is 0. The zero-order valence-electron chi connectivity index (χ0n) is 9.23. The molecule has 90 valence electrons. The van der Waals surface area contributed by atoms with Crippen LogP contribution in [0.1, 0.15) is 0 Å². The van der Waals surface area contributed by atoms with Crippen LogP contribution in [0.2, 0.25) is 0 Å². The van der Waals surface area contributed by atoms with E-state index in [1.807, 2.05) is 0 Å². The van der Waals surface area contributed by atoms with Crippen LogP contribution in [0, 0.1) is 0 Å². The van der Waals surface area contributed by atoms with E-state index in [2.05, 4.69) is 10.3 Å². The van der Waals surface area contributed by atoms with Gasteiger partial charge in [0.15, 0.2) is 0 Å². The minimum Gasteiger partial charge on any atom is -0.366 e. The molecule has 0 spiro atoms. The van der Waals surface area contributed by atoms with E-state index in [9.17, 15) is 13.2 Å². The van der Waals surface area contributed by atoms with Crippen molar-refractivity contribution in [1.29, 1.82) is 0 Å². The molecule has 1 aromatic heterocycles. The topological polar surface area (TPSA) is 82.3 Å². The van der Waals surface area contributed by atoms with E-state index in [-0.39, 0.29) is 4.90 Å². The zero-order chi connectivity index (χ0) is 12.2. The molecular formula is C9H15N3O3S. The predicted octanol–water partition coefficient (Wildman–Crippen LogP) is -0.785. The maximum atomic E-state index is 11.9. The number of rotatable bonds is 5. The van der Waals surface area contributed by atoms with Crippen LogP contribution in [-0.2, 0) is 10.0 Å². The lowest BCUT2D eigenvalue weighted by Crippen LogP contribution is -2.35. The molecule has 0 aliphatic carbocycles. The molecule has 0 aliphatic heterocycles. The molecule has 0 fully saturated rings. The van der Waals surface area contributed by atoms with Gasteiger partial charge in [0.05, 0.1) is 0 Å². The highest BCUT2D eigenvalue weighted by molar-refractivity contribution is 7.89. The first-order valence-electron chi connectivity index (χ1n) is 4.78. The van der Waals surface area contributed by atoms with Crippen molar-refractivity contribution < 1.29 is 8.42 Å². The molecule has 1 aromatic rings. The average molecular weight is 245 g/mol. The van der Waals surface area contributed by atoms with Crippen molar-refractivity contribution in [1.82, 2.24) is 14.6 Å². The van der Waals surface area contributed by atoms with Gasteiger partial charge < -0.3 is 10.3 Å². The molecule has 7 heteroatoms. The first kappa shape index (κ1) is 12.9. The molecule has 6 nitrogen and oxygen atoms in total. The van der Waals surface area contributed by atoms with Crippen molar-refractivity contribution in [2.45, 2.75) is 4.90 Å². The highest BCUT2D eigenvalue weighted by Crippen LogP contribution is 2.07. The lowest BCUT2D eigenvalue weighted by atomic mass is 10.5. The van der Waals surface area contributed by atoms with Gasteiger partial charge in [0.25, 0.3) is 0 Å². The summed E-state index contributed by atoms with van der Waals surface area (Å²) >= 11 is 0. The molecule has 0 bridgehead atoms. The van der Waals surface area contributed by atoms with E-state index in [0.29, 0.717) is 13.1 Å². The minimum absolute atomic E-state index is 0.228. The van der Waals surface area contributed by atoms with Crippen LogP contribution in [0.4, 0.5) is 0 Å². The van der Waals surface area contributed by atoms with Crippen LogP contribution in [0.25, 0.3) is 0 Å². The largest absolute Gasteiger partial charge is 0.366 e. The number of aromatic nitrogens is 1. The fraction of sp³-hybridized carbons (Fsp3) is 0.444. The molecule has 0 aromatic carbocycles. The van der Waals surface area contributed by atoms with Crippen LogP contribution >= 0.6 is 0 Å². The first-order valence-corrected chi connectivity index (χ1v) is 6.22. The van der Waals surface area contributed by atoms with E-state index in [1.165, 1.54) is 25.5 Å². The van der Waals surface area contributed by atoms with Crippen molar-refractivity contribution in [3.63, 3.8) is 0 Å². The molecular weight excluding hydrogens is 230 g/mol. The van der Waals surface area contributed by atoms with E-state index in [0.717, 1.165) is 4.31 Å². The number of aromatic amines is 1. The number of hydrogen-bond acceptors (Lipinski definition) is 4. The standard InChI is InChI=1S/C9H15N3O3S/c1-10-5-6-12(2)16(14,15)9-7-11-4-3-8(9)13/h3-4,7,10H,5-6H2,1-2H3,(H,11,13). The number of nitrogens with one attached hydrogen (secondary N) is 2. The summed E-state index contributed by atoms with van der Waals surface area (Å²) in [6.07, 6.45) is 2.60. The normalized spacial score (nSPS) is 11.9. The molecule has 1 rings (SSSR count). The van der Waals surface area contributed by atoms with Crippen LogP contribution in [-0.4, -0.2) is 44.9 Å². The van der Waals surface area contributed by atoms with Crippen LogP contribution < -0.4 is 10.7 Å². The van der Waals surface area contributed by atoms with Crippen LogP contribution in [0.5, 0.6) is 0 Å². The van der Waals surface area contributed by atoms with Gasteiger partial charge in [-0.05, 0) is 7.05 Å². The summed E-state index contributed by atoms with van der Waals surface area (Å²) in [6.45, 7) is 0.841. The van der Waals surface area contributed by atoms with Gasteiger partial charge >= 0.3 is 0 Å². The summed E-state index contributed by atoms with van der Waals surface area (Å²) in [5, 5.41) is 2.84. The van der Waals surface area contributed by atoms with Crippen molar-refractivity contribution >= 4 is 10.0 Å². The Morgan fingerprint density at radius 1 is 1.50 bits per heavy atom. The fourth-order valence-corrected chi connectivity index (χ4v) is 2.37. The van der Waals surface area contributed by atoms with Crippen molar-refractivity contribution in [2.24, 2.45) is 0 Å². The third-order valence-electron chi connectivity index (χ3n) is 2.15. The quantitative estimate of drug-likeness (QED) is 0.712. The number of pyridine rings is 1. The van der Waals surface area contributed by atoms with Gasteiger partial charge in [-0.15, -0.1) is 0 Å². The van der Waals surface area contributed by atoms with E-state index < -0.39 is 15.5 Å². The van der Waals surface area contributed by atoms with E-state index in [1.54, 1.807) is 7.05 Å². The molecule has 2 N–H and O–H groups in total. The molecule has 0 amide bonds. The summed E-state index contributed by atoms with van der Waals surface area (Å²) in [5.41, 5.74) is -0.505. The Kier molecular flexibility index (Phi) is 4.22. The van der Waals surface area contributed by atoms with E-state index in [4.69, 9.17) is 0 Å². The minimum atomic E-state index is -3.69. The SMILES string of the molecule is CNCCN(C)S(=O)(=O)c1c[nH]ccc1=O. The highest BCUT2D eigenvalue weighted by Gasteiger charge is 2.22. The third kappa shape index (κ3) is 2.69. The smallest absolute Gasteiger partial charge is 0.248 e. The average Bonchev–Trinajstić information content (AvgIpc) is 2.26. The van der Waals surface area contributed by atoms with Gasteiger partial charge in [0, 0.05) is 38.6 Å². The molecule has 16 heavy (non-hydrogen) atoms. The molecule has 0 unspecified atom stereocenters. The fourth-order valence-electron chi connectivity index (χ4n) is 1.16. The summed E-state index contributed by atoms with van der Waals surface area (Å²) in [6, 6.07) is 1.19. The van der Waals surface area contributed by atoms with Gasteiger partial charge in [-0.25, -0.2) is 8.42 Å². The number of H-pyrrole nitrogens is 1. The lowest BCUT2D eigenvalue weighted by molar-refractivity contribution is 0.465. The van der Waals surface area contributed by atoms with Crippen LogP contribution in [0.3, 0.4) is 0 Å². The van der Waals surface area contributed by atoms with Crippen LogP contribution in [0.15, 0.2) is 28.2 Å². The Labute approximate surface area is 94.3 Å². The summed E-state index contributed by atoms with van der Waals surface area (Å²) in [4.78, 5) is 13.8.